The quantitative estimate of drug-likeness (QED) is 0.332. The summed E-state index contributed by atoms with van der Waals surface area (Å²) in [5.74, 6) is 0. The second-order valence-electron chi connectivity index (χ2n) is 7.98. The highest BCUT2D eigenvalue weighted by atomic mass is 16.5. The number of ether oxygens (including phenoxy) is 1. The summed E-state index contributed by atoms with van der Waals surface area (Å²) in [6.45, 7) is 0. The van der Waals surface area contributed by atoms with Crippen molar-refractivity contribution in [3.8, 4) is 0 Å². The molecule has 2 aromatic carbocycles. The van der Waals surface area contributed by atoms with Crippen molar-refractivity contribution in [2.75, 3.05) is 0 Å². The van der Waals surface area contributed by atoms with E-state index in [0.717, 1.165) is 33.3 Å². The maximum Gasteiger partial charge on any atom is 0.112 e. The van der Waals surface area contributed by atoms with Crippen LogP contribution in [0.2, 0.25) is 0 Å². The molecule has 6 rings (SSSR count). The van der Waals surface area contributed by atoms with E-state index in [4.69, 9.17) is 4.74 Å². The van der Waals surface area contributed by atoms with E-state index in [2.05, 4.69) is 46.6 Å². The molecule has 2 atom stereocenters. The fourth-order valence-electron chi connectivity index (χ4n) is 4.37. The van der Waals surface area contributed by atoms with Gasteiger partial charge in [-0.3, -0.25) is 0 Å². The summed E-state index contributed by atoms with van der Waals surface area (Å²) in [6, 6.07) is 32.8. The summed E-state index contributed by atoms with van der Waals surface area (Å²) in [7, 11) is 0. The number of rotatable bonds is 6. The van der Waals surface area contributed by atoms with Crippen LogP contribution in [-0.4, -0.2) is 19.2 Å². The predicted molar refractivity (Wildman–Crippen MR) is 128 cm³/mol. The number of benzene rings is 2. The highest BCUT2D eigenvalue weighted by Gasteiger charge is 2.27. The predicted octanol–water partition coefficient (Wildman–Crippen LogP) is 5.88. The van der Waals surface area contributed by atoms with Gasteiger partial charge in [0.15, 0.2) is 0 Å². The summed E-state index contributed by atoms with van der Waals surface area (Å²) >= 11 is 0. The van der Waals surface area contributed by atoms with Crippen LogP contribution < -0.4 is 0 Å². The molecule has 0 fully saturated rings. The Balaban J connectivity index is 1.52. The Hall–Kier alpha value is -4.22. The van der Waals surface area contributed by atoms with Gasteiger partial charge < -0.3 is 4.74 Å². The smallest absolute Gasteiger partial charge is 0.112 e. The molecule has 2 unspecified atom stereocenters. The van der Waals surface area contributed by atoms with E-state index in [-0.39, 0.29) is 12.2 Å². The van der Waals surface area contributed by atoms with Crippen LogP contribution in [0.15, 0.2) is 122 Å². The van der Waals surface area contributed by atoms with E-state index in [1.165, 1.54) is 0 Å². The van der Waals surface area contributed by atoms with Crippen molar-refractivity contribution in [3.63, 3.8) is 0 Å². The van der Waals surface area contributed by atoms with Gasteiger partial charge in [0.2, 0.25) is 0 Å². The first kappa shape index (κ1) is 19.5. The molecule has 5 heteroatoms. The van der Waals surface area contributed by atoms with Crippen molar-refractivity contribution in [2.45, 2.75) is 12.2 Å². The zero-order valence-electron chi connectivity index (χ0n) is 17.9. The van der Waals surface area contributed by atoms with Crippen molar-refractivity contribution >= 4 is 11.0 Å². The zero-order valence-corrected chi connectivity index (χ0v) is 17.9. The lowest BCUT2D eigenvalue weighted by Crippen LogP contribution is -2.13. The minimum absolute atomic E-state index is 0.310. The lowest BCUT2D eigenvalue weighted by atomic mass is 9.99. The average molecular weight is 431 g/mol. The van der Waals surface area contributed by atoms with Crippen LogP contribution in [0.4, 0.5) is 0 Å². The third kappa shape index (κ3) is 3.58. The number of fused-ring (bicyclic) bond motifs is 2. The molecule has 6 aromatic rings. The van der Waals surface area contributed by atoms with Crippen LogP contribution in [0.3, 0.4) is 0 Å². The molecule has 5 nitrogen and oxygen atoms in total. The molecule has 0 spiro atoms. The summed E-state index contributed by atoms with van der Waals surface area (Å²) in [5, 5.41) is 9.16. The van der Waals surface area contributed by atoms with Crippen molar-refractivity contribution in [1.82, 2.24) is 19.2 Å². The fraction of sp³-hybridized carbons (Fsp3) is 0.0714. The fourth-order valence-corrected chi connectivity index (χ4v) is 4.37. The highest BCUT2D eigenvalue weighted by molar-refractivity contribution is 5.58. The SMILES string of the molecule is c1ccc(C(OC(c2ccccc2)c2cnn3ccccc23)c2cnn3ccccc23)cc1. The number of hydrogen-bond donors (Lipinski definition) is 0. The van der Waals surface area contributed by atoms with Crippen LogP contribution in [0.25, 0.3) is 11.0 Å². The van der Waals surface area contributed by atoms with Crippen LogP contribution >= 0.6 is 0 Å². The Bertz CT molecular complexity index is 1390. The van der Waals surface area contributed by atoms with Gasteiger partial charge in [-0.2, -0.15) is 10.2 Å². The Morgan fingerprint density at radius 1 is 0.515 bits per heavy atom. The Morgan fingerprint density at radius 2 is 0.939 bits per heavy atom. The van der Waals surface area contributed by atoms with Crippen LogP contribution in [0.5, 0.6) is 0 Å². The van der Waals surface area contributed by atoms with E-state index >= 15 is 0 Å². The molecule has 0 aliphatic heterocycles. The van der Waals surface area contributed by atoms with Crippen molar-refractivity contribution in [3.05, 3.63) is 144 Å². The molecule has 0 aliphatic carbocycles. The minimum atomic E-state index is -0.310. The first-order valence-corrected chi connectivity index (χ1v) is 11.0. The topological polar surface area (TPSA) is 43.8 Å². The maximum atomic E-state index is 7.02. The van der Waals surface area contributed by atoms with Gasteiger partial charge in [0.25, 0.3) is 0 Å². The summed E-state index contributed by atoms with van der Waals surface area (Å²) < 4.78 is 10.8. The van der Waals surface area contributed by atoms with E-state index in [0.29, 0.717) is 0 Å². The largest absolute Gasteiger partial charge is 0.356 e. The number of pyridine rings is 2. The number of nitrogens with zero attached hydrogens (tertiary/aromatic N) is 4. The molecular weight excluding hydrogens is 408 g/mol. The van der Waals surface area contributed by atoms with E-state index in [1.54, 1.807) is 0 Å². The van der Waals surface area contributed by atoms with Gasteiger partial charge in [-0.05, 0) is 35.4 Å². The summed E-state index contributed by atoms with van der Waals surface area (Å²) in [5.41, 5.74) is 6.26. The third-order valence-electron chi connectivity index (χ3n) is 5.95. The third-order valence-corrected chi connectivity index (χ3v) is 5.95. The minimum Gasteiger partial charge on any atom is -0.356 e. The molecule has 0 N–H and O–H groups in total. The van der Waals surface area contributed by atoms with E-state index in [1.807, 2.05) is 94.5 Å². The molecule has 0 saturated carbocycles. The molecule has 0 bridgehead atoms. The van der Waals surface area contributed by atoms with Gasteiger partial charge in [0.1, 0.15) is 12.2 Å². The molecule has 0 radical (unpaired) electrons. The molecule has 0 aliphatic rings. The van der Waals surface area contributed by atoms with Gasteiger partial charge in [-0.1, -0.05) is 72.8 Å². The van der Waals surface area contributed by atoms with E-state index in [9.17, 15) is 0 Å². The van der Waals surface area contributed by atoms with E-state index < -0.39 is 0 Å². The van der Waals surface area contributed by atoms with Crippen LogP contribution in [0.1, 0.15) is 34.5 Å². The van der Waals surface area contributed by atoms with Gasteiger partial charge >= 0.3 is 0 Å². The Morgan fingerprint density at radius 3 is 1.39 bits per heavy atom. The average Bonchev–Trinajstić information content (AvgIpc) is 3.51. The molecule has 4 heterocycles. The van der Waals surface area contributed by atoms with Crippen LogP contribution in [0, 0.1) is 0 Å². The monoisotopic (exact) mass is 430 g/mol. The first-order valence-electron chi connectivity index (χ1n) is 11.0. The second kappa shape index (κ2) is 8.37. The molecule has 33 heavy (non-hydrogen) atoms. The summed E-state index contributed by atoms with van der Waals surface area (Å²) in [6.07, 6.45) is 7.11. The van der Waals surface area contributed by atoms with Crippen LogP contribution in [-0.2, 0) is 4.74 Å². The Labute approximate surface area is 191 Å². The van der Waals surface area contributed by atoms with Gasteiger partial charge in [-0.25, -0.2) is 9.03 Å². The van der Waals surface area contributed by atoms with Crippen molar-refractivity contribution < 1.29 is 4.74 Å². The first-order chi connectivity index (χ1) is 16.4. The molecule has 160 valence electrons. The molecule has 0 amide bonds. The summed E-state index contributed by atoms with van der Waals surface area (Å²) in [4.78, 5) is 0. The van der Waals surface area contributed by atoms with Gasteiger partial charge in [0.05, 0.1) is 23.4 Å². The standard InChI is InChI=1S/C28H22N4O/c1-3-11-21(12-4-1)27(23-19-29-31-17-9-7-15-25(23)31)33-28(22-13-5-2-6-14-22)24-20-30-32-18-10-8-16-26(24)32/h1-20,27-28H. The maximum absolute atomic E-state index is 7.02. The van der Waals surface area contributed by atoms with Gasteiger partial charge in [0, 0.05) is 23.5 Å². The van der Waals surface area contributed by atoms with Crippen molar-refractivity contribution in [2.24, 2.45) is 0 Å². The Kier molecular flexibility index (Phi) is 4.94. The number of hydrogen-bond acceptors (Lipinski definition) is 3. The van der Waals surface area contributed by atoms with Crippen molar-refractivity contribution in [1.29, 1.82) is 0 Å². The molecular formula is C28H22N4O. The lowest BCUT2D eigenvalue weighted by Gasteiger charge is -2.25. The number of aromatic nitrogens is 4. The highest BCUT2D eigenvalue weighted by Crippen LogP contribution is 2.38. The second-order valence-corrected chi connectivity index (χ2v) is 7.98. The normalized spacial score (nSPS) is 13.3. The zero-order chi connectivity index (χ0) is 22.0. The lowest BCUT2D eigenvalue weighted by molar-refractivity contribution is 0.0324. The van der Waals surface area contributed by atoms with Gasteiger partial charge in [-0.15, -0.1) is 0 Å². The molecule has 4 aromatic heterocycles. The molecule has 0 saturated heterocycles.